The van der Waals surface area contributed by atoms with Crippen molar-refractivity contribution >= 4 is 17.8 Å². The summed E-state index contributed by atoms with van der Waals surface area (Å²) in [6.45, 7) is 2.98. The molecule has 4 rings (SSSR count). The molecule has 2 aromatic rings. The fourth-order valence-corrected chi connectivity index (χ4v) is 4.43. The molecule has 2 N–H and O–H groups in total. The van der Waals surface area contributed by atoms with E-state index in [1.54, 1.807) is 17.8 Å². The molecule has 0 bridgehead atoms. The molecule has 0 radical (unpaired) electrons. The lowest BCUT2D eigenvalue weighted by Crippen LogP contribution is -2.40. The van der Waals surface area contributed by atoms with E-state index in [9.17, 15) is 9.18 Å². The molecule has 0 saturated carbocycles. The molecule has 2 amide bonds. The number of carbonyl (C=O) groups is 1. The Morgan fingerprint density at radius 3 is 2.85 bits per heavy atom. The van der Waals surface area contributed by atoms with Gasteiger partial charge in [-0.3, -0.25) is 0 Å². The first-order valence-electron chi connectivity index (χ1n) is 8.99. The number of fused-ring (bicyclic) bond motifs is 2. The van der Waals surface area contributed by atoms with E-state index in [1.165, 1.54) is 12.1 Å². The number of amides is 2. The van der Waals surface area contributed by atoms with Crippen molar-refractivity contribution in [2.45, 2.75) is 30.3 Å². The van der Waals surface area contributed by atoms with Crippen molar-refractivity contribution in [2.24, 2.45) is 0 Å². The van der Waals surface area contributed by atoms with Crippen LogP contribution in [-0.2, 0) is 0 Å². The van der Waals surface area contributed by atoms with Gasteiger partial charge >= 0.3 is 6.03 Å². The lowest BCUT2D eigenvalue weighted by atomic mass is 10.0. The van der Waals surface area contributed by atoms with Crippen LogP contribution in [0.15, 0.2) is 41.3 Å². The quantitative estimate of drug-likeness (QED) is 0.828. The molecule has 2 aliphatic rings. The minimum atomic E-state index is -0.284. The molecule has 2 heterocycles. The second kappa shape index (κ2) is 7.68. The molecule has 0 fully saturated rings. The standard InChI is InChI=1S/C20H21FN2O3S/c1-12(13-2-4-17-18(10-13)26-8-7-25-17)22-20(24)23-16-6-9-27-19-5-3-14(21)11-15(16)19/h2-5,10-12,16H,6-9H2,1H3,(H2,22,23,24). The number of rotatable bonds is 3. The van der Waals surface area contributed by atoms with E-state index in [0.717, 1.165) is 33.9 Å². The highest BCUT2D eigenvalue weighted by Crippen LogP contribution is 2.36. The summed E-state index contributed by atoms with van der Waals surface area (Å²) in [5.74, 6) is 2.02. The van der Waals surface area contributed by atoms with Gasteiger partial charge in [-0.1, -0.05) is 6.07 Å². The predicted molar refractivity (Wildman–Crippen MR) is 102 cm³/mol. The number of thioether (sulfide) groups is 1. The number of halogens is 1. The third-order valence-electron chi connectivity index (χ3n) is 4.73. The maximum absolute atomic E-state index is 13.6. The Morgan fingerprint density at radius 2 is 2.00 bits per heavy atom. The van der Waals surface area contributed by atoms with E-state index in [-0.39, 0.29) is 23.9 Å². The van der Waals surface area contributed by atoms with Gasteiger partial charge in [-0.15, -0.1) is 11.8 Å². The summed E-state index contributed by atoms with van der Waals surface area (Å²) in [6.07, 6.45) is 0.771. The van der Waals surface area contributed by atoms with E-state index >= 15 is 0 Å². The molecule has 142 valence electrons. The summed E-state index contributed by atoms with van der Waals surface area (Å²) >= 11 is 1.69. The summed E-state index contributed by atoms with van der Waals surface area (Å²) in [6, 6.07) is 9.74. The van der Waals surface area contributed by atoms with Gasteiger partial charge < -0.3 is 20.1 Å². The number of hydrogen-bond donors (Lipinski definition) is 2. The molecule has 7 heteroatoms. The summed E-state index contributed by atoms with van der Waals surface area (Å²) < 4.78 is 24.7. The van der Waals surface area contributed by atoms with Gasteiger partial charge in [-0.25, -0.2) is 9.18 Å². The van der Waals surface area contributed by atoms with Crippen molar-refractivity contribution in [3.8, 4) is 11.5 Å². The van der Waals surface area contributed by atoms with Crippen LogP contribution in [0.1, 0.15) is 36.6 Å². The number of carbonyl (C=O) groups excluding carboxylic acids is 1. The Kier molecular flexibility index (Phi) is 5.11. The van der Waals surface area contributed by atoms with Crippen LogP contribution in [0.5, 0.6) is 11.5 Å². The molecule has 2 aliphatic heterocycles. The van der Waals surface area contributed by atoms with E-state index < -0.39 is 0 Å². The molecule has 0 aromatic heterocycles. The Balaban J connectivity index is 1.42. The topological polar surface area (TPSA) is 59.6 Å². The Hall–Kier alpha value is -2.41. The SMILES string of the molecule is CC(NC(=O)NC1CCSc2ccc(F)cc21)c1ccc2c(c1)OCCO2. The van der Waals surface area contributed by atoms with Crippen LogP contribution >= 0.6 is 11.8 Å². The Morgan fingerprint density at radius 1 is 1.19 bits per heavy atom. The number of ether oxygens (including phenoxy) is 2. The second-order valence-corrected chi connectivity index (χ2v) is 7.75. The molecular formula is C20H21FN2O3S. The zero-order valence-corrected chi connectivity index (χ0v) is 15.8. The maximum Gasteiger partial charge on any atom is 0.315 e. The highest BCUT2D eigenvalue weighted by molar-refractivity contribution is 7.99. The number of urea groups is 1. The summed E-state index contributed by atoms with van der Waals surface area (Å²) in [5, 5.41) is 5.93. The smallest absolute Gasteiger partial charge is 0.315 e. The minimum absolute atomic E-state index is 0.190. The average molecular weight is 388 g/mol. The summed E-state index contributed by atoms with van der Waals surface area (Å²) in [5.41, 5.74) is 1.77. The molecule has 2 aromatic carbocycles. The van der Waals surface area contributed by atoms with Crippen LogP contribution in [-0.4, -0.2) is 25.0 Å². The predicted octanol–water partition coefficient (Wildman–Crippen LogP) is 4.19. The number of hydrogen-bond acceptors (Lipinski definition) is 4. The Labute approximate surface area is 161 Å². The van der Waals surface area contributed by atoms with Gasteiger partial charge in [0, 0.05) is 10.6 Å². The van der Waals surface area contributed by atoms with Crippen LogP contribution in [0.2, 0.25) is 0 Å². The number of benzene rings is 2. The molecule has 27 heavy (non-hydrogen) atoms. The van der Waals surface area contributed by atoms with Gasteiger partial charge in [0.2, 0.25) is 0 Å². The highest BCUT2D eigenvalue weighted by atomic mass is 32.2. The average Bonchev–Trinajstić information content (AvgIpc) is 2.68. The van der Waals surface area contributed by atoms with Gasteiger partial charge in [-0.2, -0.15) is 0 Å². The van der Waals surface area contributed by atoms with Crippen molar-refractivity contribution in [2.75, 3.05) is 19.0 Å². The first-order valence-corrected chi connectivity index (χ1v) is 9.97. The molecule has 2 atom stereocenters. The fourth-order valence-electron chi connectivity index (χ4n) is 3.32. The van der Waals surface area contributed by atoms with Crippen LogP contribution in [0.3, 0.4) is 0 Å². The Bertz CT molecular complexity index is 861. The first-order chi connectivity index (χ1) is 13.1. The number of nitrogens with one attached hydrogen (secondary N) is 2. The van der Waals surface area contributed by atoms with Gasteiger partial charge in [0.05, 0.1) is 12.1 Å². The second-order valence-electron chi connectivity index (χ2n) is 6.61. The monoisotopic (exact) mass is 388 g/mol. The van der Waals surface area contributed by atoms with Gasteiger partial charge in [0.15, 0.2) is 11.5 Å². The first kappa shape index (κ1) is 18.0. The van der Waals surface area contributed by atoms with Gasteiger partial charge in [0.25, 0.3) is 0 Å². The molecular weight excluding hydrogens is 367 g/mol. The lowest BCUT2D eigenvalue weighted by molar-refractivity contribution is 0.171. The molecule has 0 aliphatic carbocycles. The largest absolute Gasteiger partial charge is 0.486 e. The van der Waals surface area contributed by atoms with Crippen LogP contribution in [0, 0.1) is 5.82 Å². The van der Waals surface area contributed by atoms with Crippen molar-refractivity contribution in [3.05, 3.63) is 53.3 Å². The van der Waals surface area contributed by atoms with E-state index in [4.69, 9.17) is 9.47 Å². The summed E-state index contributed by atoms with van der Waals surface area (Å²) in [4.78, 5) is 13.5. The van der Waals surface area contributed by atoms with Crippen LogP contribution in [0.25, 0.3) is 0 Å². The van der Waals surface area contributed by atoms with Gasteiger partial charge in [-0.05, 0) is 54.8 Å². The minimum Gasteiger partial charge on any atom is -0.486 e. The normalized spacial score (nSPS) is 19.0. The lowest BCUT2D eigenvalue weighted by Gasteiger charge is -2.27. The highest BCUT2D eigenvalue weighted by Gasteiger charge is 2.24. The molecule has 0 saturated heterocycles. The van der Waals surface area contributed by atoms with E-state index in [0.29, 0.717) is 19.0 Å². The van der Waals surface area contributed by atoms with E-state index in [2.05, 4.69) is 10.6 Å². The maximum atomic E-state index is 13.6. The zero-order chi connectivity index (χ0) is 18.8. The molecule has 5 nitrogen and oxygen atoms in total. The molecule has 2 unspecified atom stereocenters. The van der Waals surface area contributed by atoms with Crippen molar-refractivity contribution in [1.29, 1.82) is 0 Å². The third kappa shape index (κ3) is 3.98. The fraction of sp³-hybridized carbons (Fsp3) is 0.350. The summed E-state index contributed by atoms with van der Waals surface area (Å²) in [7, 11) is 0. The van der Waals surface area contributed by atoms with Gasteiger partial charge in [0.1, 0.15) is 19.0 Å². The van der Waals surface area contributed by atoms with Crippen molar-refractivity contribution in [3.63, 3.8) is 0 Å². The molecule has 0 spiro atoms. The zero-order valence-electron chi connectivity index (χ0n) is 15.0. The van der Waals surface area contributed by atoms with Crippen LogP contribution in [0.4, 0.5) is 9.18 Å². The van der Waals surface area contributed by atoms with Crippen LogP contribution < -0.4 is 20.1 Å². The van der Waals surface area contributed by atoms with Crippen molar-refractivity contribution in [1.82, 2.24) is 10.6 Å². The third-order valence-corrected chi connectivity index (χ3v) is 5.85. The van der Waals surface area contributed by atoms with Crippen molar-refractivity contribution < 1.29 is 18.7 Å². The van der Waals surface area contributed by atoms with E-state index in [1.807, 2.05) is 25.1 Å².